The monoisotopic (exact) mass is 296 g/mol. The maximum Gasteiger partial charge on any atom is 0.308 e. The molecule has 1 saturated carbocycles. The highest BCUT2D eigenvalue weighted by Crippen LogP contribution is 2.23. The molecule has 2 N–H and O–H groups in total. The van der Waals surface area contributed by atoms with Gasteiger partial charge in [0.25, 0.3) is 0 Å². The average Bonchev–Trinajstić information content (AvgIpc) is 2.47. The normalized spacial score (nSPS) is 27.9. The Balaban J connectivity index is 1.98. The molecule has 0 aromatic rings. The van der Waals surface area contributed by atoms with E-state index in [1.807, 2.05) is 13.8 Å². The van der Waals surface area contributed by atoms with Gasteiger partial charge in [0.1, 0.15) is 0 Å². The summed E-state index contributed by atoms with van der Waals surface area (Å²) in [6, 6.07) is 0.609. The van der Waals surface area contributed by atoms with Crippen LogP contribution in [0.2, 0.25) is 0 Å². The summed E-state index contributed by atoms with van der Waals surface area (Å²) in [5.74, 6) is -1.24. The van der Waals surface area contributed by atoms with Gasteiger partial charge >= 0.3 is 5.97 Å². The number of carbonyl (C=O) groups is 2. The third-order valence-corrected chi connectivity index (χ3v) is 4.68. The van der Waals surface area contributed by atoms with Crippen molar-refractivity contribution in [1.29, 1.82) is 0 Å². The number of hydrogen-bond donors (Lipinski definition) is 2. The van der Waals surface area contributed by atoms with Crippen LogP contribution in [0.1, 0.15) is 52.4 Å². The fourth-order valence-electron chi connectivity index (χ4n) is 3.55. The smallest absolute Gasteiger partial charge is 0.308 e. The molecular formula is C16H28N2O3. The Morgan fingerprint density at radius 1 is 1.10 bits per heavy atom. The van der Waals surface area contributed by atoms with Crippen LogP contribution in [0.3, 0.4) is 0 Å². The zero-order chi connectivity index (χ0) is 15.4. The molecule has 2 fully saturated rings. The van der Waals surface area contributed by atoms with Crippen molar-refractivity contribution in [2.24, 2.45) is 11.8 Å². The Bertz CT molecular complexity index is 378. The number of nitrogens with zero attached hydrogens (tertiary/aromatic N) is 1. The topological polar surface area (TPSA) is 69.6 Å². The number of amides is 1. The molecule has 0 spiro atoms. The number of nitrogens with one attached hydrogen (secondary N) is 1. The molecule has 5 heteroatoms. The summed E-state index contributed by atoms with van der Waals surface area (Å²) in [6.45, 7) is 4.75. The maximum absolute atomic E-state index is 12.2. The molecule has 0 aromatic heterocycles. The average molecular weight is 296 g/mol. The number of carboxylic acid groups (broad SMARTS) is 1. The van der Waals surface area contributed by atoms with Gasteiger partial charge in [-0.2, -0.15) is 0 Å². The van der Waals surface area contributed by atoms with E-state index in [4.69, 9.17) is 0 Å². The van der Waals surface area contributed by atoms with E-state index < -0.39 is 11.9 Å². The Labute approximate surface area is 127 Å². The zero-order valence-electron chi connectivity index (χ0n) is 13.2. The van der Waals surface area contributed by atoms with Gasteiger partial charge in [-0.15, -0.1) is 0 Å². The van der Waals surface area contributed by atoms with Gasteiger partial charge in [0.05, 0.1) is 5.92 Å². The molecule has 21 heavy (non-hydrogen) atoms. The molecule has 1 amide bonds. The van der Waals surface area contributed by atoms with Crippen LogP contribution in [0.4, 0.5) is 0 Å². The van der Waals surface area contributed by atoms with Gasteiger partial charge in [0.15, 0.2) is 0 Å². The largest absolute Gasteiger partial charge is 0.481 e. The summed E-state index contributed by atoms with van der Waals surface area (Å²) in [4.78, 5) is 25.3. The minimum absolute atomic E-state index is 0.0661. The predicted molar refractivity (Wildman–Crippen MR) is 81.0 cm³/mol. The fourth-order valence-corrected chi connectivity index (χ4v) is 3.55. The summed E-state index contributed by atoms with van der Waals surface area (Å²) >= 11 is 0. The number of likely N-dealkylation sites (tertiary alicyclic amines) is 1. The predicted octanol–water partition coefficient (Wildman–Crippen LogP) is 1.87. The van der Waals surface area contributed by atoms with Crippen molar-refractivity contribution in [2.75, 3.05) is 13.1 Å². The zero-order valence-corrected chi connectivity index (χ0v) is 13.2. The van der Waals surface area contributed by atoms with Crippen molar-refractivity contribution >= 4 is 11.9 Å². The first-order valence-corrected chi connectivity index (χ1v) is 8.25. The quantitative estimate of drug-likeness (QED) is 0.831. The van der Waals surface area contributed by atoms with Gasteiger partial charge in [-0.25, -0.2) is 0 Å². The molecule has 1 heterocycles. The number of aliphatic carboxylic acids is 1. The number of hydrogen-bond acceptors (Lipinski definition) is 3. The van der Waals surface area contributed by atoms with Gasteiger partial charge in [-0.05, 0) is 19.3 Å². The molecule has 0 aromatic carbocycles. The number of carboxylic acids is 1. The van der Waals surface area contributed by atoms with Gasteiger partial charge < -0.3 is 15.3 Å². The van der Waals surface area contributed by atoms with E-state index in [0.29, 0.717) is 25.6 Å². The third kappa shape index (κ3) is 4.43. The molecule has 2 unspecified atom stereocenters. The minimum atomic E-state index is -0.785. The molecule has 1 aliphatic heterocycles. The van der Waals surface area contributed by atoms with Crippen molar-refractivity contribution in [1.82, 2.24) is 10.2 Å². The molecule has 0 bridgehead atoms. The van der Waals surface area contributed by atoms with Gasteiger partial charge in [-0.1, -0.05) is 33.1 Å². The standard InChI is InChI=1S/C16H28N2O3/c1-11(2)15(19)18-9-12(16(20)21)8-14(10-18)17-13-6-4-3-5-7-13/h11-14,17H,3-10H2,1-2H3,(H,20,21). The lowest BCUT2D eigenvalue weighted by atomic mass is 9.90. The summed E-state index contributed by atoms with van der Waals surface area (Å²) < 4.78 is 0. The molecular weight excluding hydrogens is 268 g/mol. The van der Waals surface area contributed by atoms with Crippen LogP contribution < -0.4 is 5.32 Å². The van der Waals surface area contributed by atoms with Crippen LogP contribution in [-0.4, -0.2) is 47.1 Å². The Morgan fingerprint density at radius 2 is 1.76 bits per heavy atom. The van der Waals surface area contributed by atoms with Crippen LogP contribution in [-0.2, 0) is 9.59 Å². The van der Waals surface area contributed by atoms with E-state index in [2.05, 4.69) is 5.32 Å². The number of piperidine rings is 1. The highest BCUT2D eigenvalue weighted by atomic mass is 16.4. The van der Waals surface area contributed by atoms with Crippen LogP contribution in [0.5, 0.6) is 0 Å². The molecule has 2 rings (SSSR count). The third-order valence-electron chi connectivity index (χ3n) is 4.68. The highest BCUT2D eigenvalue weighted by molar-refractivity contribution is 5.79. The lowest BCUT2D eigenvalue weighted by molar-refractivity contribution is -0.147. The van der Waals surface area contributed by atoms with E-state index in [-0.39, 0.29) is 17.9 Å². The molecule has 1 saturated heterocycles. The SMILES string of the molecule is CC(C)C(=O)N1CC(NC2CCCCC2)CC(C(=O)O)C1. The molecule has 1 aliphatic carbocycles. The lowest BCUT2D eigenvalue weighted by Gasteiger charge is -2.39. The summed E-state index contributed by atoms with van der Waals surface area (Å²) in [7, 11) is 0. The van der Waals surface area contributed by atoms with E-state index in [0.717, 1.165) is 0 Å². The van der Waals surface area contributed by atoms with Crippen LogP contribution in [0.15, 0.2) is 0 Å². The fraction of sp³-hybridized carbons (Fsp3) is 0.875. The van der Waals surface area contributed by atoms with Gasteiger partial charge in [0.2, 0.25) is 5.91 Å². The molecule has 5 nitrogen and oxygen atoms in total. The number of carbonyl (C=O) groups excluding carboxylic acids is 1. The van der Waals surface area contributed by atoms with Crippen LogP contribution >= 0.6 is 0 Å². The molecule has 0 radical (unpaired) electrons. The van der Waals surface area contributed by atoms with E-state index in [1.54, 1.807) is 4.90 Å². The molecule has 120 valence electrons. The first kappa shape index (κ1) is 16.3. The summed E-state index contributed by atoms with van der Waals surface area (Å²) in [6.07, 6.45) is 6.79. The molecule has 2 atom stereocenters. The summed E-state index contributed by atoms with van der Waals surface area (Å²) in [5, 5.41) is 12.9. The van der Waals surface area contributed by atoms with Crippen molar-refractivity contribution in [3.8, 4) is 0 Å². The lowest BCUT2D eigenvalue weighted by Crippen LogP contribution is -2.55. The second-order valence-corrected chi connectivity index (χ2v) is 6.87. The highest BCUT2D eigenvalue weighted by Gasteiger charge is 2.35. The number of rotatable bonds is 4. The van der Waals surface area contributed by atoms with Crippen molar-refractivity contribution in [3.05, 3.63) is 0 Å². The van der Waals surface area contributed by atoms with E-state index in [9.17, 15) is 14.7 Å². The van der Waals surface area contributed by atoms with Crippen molar-refractivity contribution in [2.45, 2.75) is 64.5 Å². The van der Waals surface area contributed by atoms with Crippen LogP contribution in [0.25, 0.3) is 0 Å². The molecule has 2 aliphatic rings. The van der Waals surface area contributed by atoms with Gasteiger partial charge in [-0.3, -0.25) is 9.59 Å². The van der Waals surface area contributed by atoms with E-state index >= 15 is 0 Å². The van der Waals surface area contributed by atoms with Gasteiger partial charge in [0, 0.05) is 31.1 Å². The summed E-state index contributed by atoms with van der Waals surface area (Å²) in [5.41, 5.74) is 0. The van der Waals surface area contributed by atoms with Crippen LogP contribution in [0, 0.1) is 11.8 Å². The first-order valence-electron chi connectivity index (χ1n) is 8.25. The minimum Gasteiger partial charge on any atom is -0.481 e. The second-order valence-electron chi connectivity index (χ2n) is 6.87. The van der Waals surface area contributed by atoms with Crippen molar-refractivity contribution < 1.29 is 14.7 Å². The Kier molecular flexibility index (Phi) is 5.62. The van der Waals surface area contributed by atoms with Crippen molar-refractivity contribution in [3.63, 3.8) is 0 Å². The first-order chi connectivity index (χ1) is 9.97. The second kappa shape index (κ2) is 7.25. The Morgan fingerprint density at radius 3 is 2.33 bits per heavy atom. The van der Waals surface area contributed by atoms with E-state index in [1.165, 1.54) is 32.1 Å². The maximum atomic E-state index is 12.2. The Hall–Kier alpha value is -1.10.